The average Bonchev–Trinajstić information content (AvgIpc) is 2.36. The monoisotopic (exact) mass is 320 g/mol. The van der Waals surface area contributed by atoms with E-state index < -0.39 is 37.7 Å². The van der Waals surface area contributed by atoms with E-state index >= 15 is 0 Å². The highest BCUT2D eigenvalue weighted by atomic mass is 32.2. The highest BCUT2D eigenvalue weighted by Gasteiger charge is 2.26. The number of nitrogens with two attached hydrogens (primary N) is 1. The molecule has 4 N–H and O–H groups in total. The number of benzene rings is 1. The van der Waals surface area contributed by atoms with Crippen LogP contribution in [0.15, 0.2) is 34.1 Å². The minimum absolute atomic E-state index is 0.0554. The molecular weight excluding hydrogens is 310 g/mol. The largest absolute Gasteiger partial charge is 0.496 e. The van der Waals surface area contributed by atoms with Crippen LogP contribution in [0.2, 0.25) is 0 Å². The first-order chi connectivity index (χ1) is 9.74. The minimum atomic E-state index is -4.52. The highest BCUT2D eigenvalue weighted by molar-refractivity contribution is 7.85. The first kappa shape index (κ1) is 15.0. The number of nitrogens with one attached hydrogen (secondary N) is 1. The number of rotatable bonds is 3. The summed E-state index contributed by atoms with van der Waals surface area (Å²) in [5.74, 6) is -1.69. The van der Waals surface area contributed by atoms with Gasteiger partial charge in [0.25, 0.3) is 10.1 Å². The summed E-state index contributed by atoms with van der Waals surface area (Å²) < 4.78 is 63.0. The molecule has 0 spiro atoms. The fourth-order valence-corrected chi connectivity index (χ4v) is 2.22. The maximum Gasteiger partial charge on any atom is 0.294 e. The van der Waals surface area contributed by atoms with E-state index in [4.69, 9.17) is 15.0 Å². The Balaban J connectivity index is 2.68. The Hall–Kier alpha value is -2.40. The van der Waals surface area contributed by atoms with Crippen LogP contribution in [0.1, 0.15) is 5.56 Å². The Morgan fingerprint density at radius 1 is 1.48 bits per heavy atom. The van der Waals surface area contributed by atoms with Gasteiger partial charge in [-0.3, -0.25) is 4.55 Å². The zero-order valence-corrected chi connectivity index (χ0v) is 11.4. The first-order valence-corrected chi connectivity index (χ1v) is 6.80. The molecule has 0 radical (unpaired) electrons. The lowest BCUT2D eigenvalue weighted by Gasteiger charge is -2.20. The lowest BCUT2D eigenvalue weighted by Crippen LogP contribution is -2.34. The van der Waals surface area contributed by atoms with Crippen LogP contribution in [0.25, 0.3) is 5.57 Å². The summed E-state index contributed by atoms with van der Waals surface area (Å²) in [6, 6.07) is 3.18. The van der Waals surface area contributed by atoms with E-state index in [-0.39, 0.29) is 11.3 Å². The zero-order chi connectivity index (χ0) is 15.8. The Morgan fingerprint density at radius 3 is 2.67 bits per heavy atom. The van der Waals surface area contributed by atoms with Crippen LogP contribution in [0.5, 0.6) is 5.75 Å². The molecule has 0 saturated heterocycles. The standard InChI is InChI=1S/C10H10F2N4O4S/c1-20-7-3-2-5(21(17,18)19)4-6(7)8-9(11)14-16(12)15-10(8)13/h2-4,14H,1H3,(H2,13,15)(H,17,18,19). The number of nitrogens with zero attached hydrogens (tertiary/aromatic N) is 2. The average molecular weight is 320 g/mol. The van der Waals surface area contributed by atoms with E-state index in [0.717, 1.165) is 12.1 Å². The number of hydrazone groups is 1. The summed E-state index contributed by atoms with van der Waals surface area (Å²) in [5.41, 5.74) is 6.53. The van der Waals surface area contributed by atoms with Crippen LogP contribution in [0.3, 0.4) is 0 Å². The zero-order valence-electron chi connectivity index (χ0n) is 10.5. The van der Waals surface area contributed by atoms with Gasteiger partial charge in [0.15, 0.2) is 5.84 Å². The summed E-state index contributed by atoms with van der Waals surface area (Å²) >= 11 is 0. The summed E-state index contributed by atoms with van der Waals surface area (Å²) in [6.07, 6.45) is 0. The minimum Gasteiger partial charge on any atom is -0.496 e. The summed E-state index contributed by atoms with van der Waals surface area (Å²) in [7, 11) is -3.26. The van der Waals surface area contributed by atoms with Crippen molar-refractivity contribution in [2.45, 2.75) is 4.90 Å². The Morgan fingerprint density at radius 2 is 2.14 bits per heavy atom. The number of halogens is 2. The maximum atomic E-state index is 13.8. The number of hydrogen-bond donors (Lipinski definition) is 3. The quantitative estimate of drug-likeness (QED) is 0.423. The molecule has 1 heterocycles. The lowest BCUT2D eigenvalue weighted by molar-refractivity contribution is -0.0268. The summed E-state index contributed by atoms with van der Waals surface area (Å²) in [5, 5.41) is 2.71. The molecule has 0 aliphatic carbocycles. The van der Waals surface area contributed by atoms with Crippen molar-refractivity contribution < 1.29 is 26.6 Å². The molecule has 0 fully saturated rings. The molecule has 1 aliphatic rings. The van der Waals surface area contributed by atoms with Gasteiger partial charge in [0, 0.05) is 5.56 Å². The second-order valence-corrected chi connectivity index (χ2v) is 5.30. The van der Waals surface area contributed by atoms with Crippen molar-refractivity contribution >= 4 is 21.5 Å². The molecule has 1 aliphatic heterocycles. The molecule has 21 heavy (non-hydrogen) atoms. The molecular formula is C10H10F2N4O4S. The van der Waals surface area contributed by atoms with Gasteiger partial charge >= 0.3 is 0 Å². The Bertz CT molecular complexity index is 747. The normalized spacial score (nSPS) is 15.6. The second-order valence-electron chi connectivity index (χ2n) is 3.88. The predicted octanol–water partition coefficient (Wildman–Crippen LogP) is 0.557. The number of hydrogen-bond acceptors (Lipinski definition) is 7. The van der Waals surface area contributed by atoms with Crippen LogP contribution in [-0.4, -0.2) is 31.3 Å². The van der Waals surface area contributed by atoms with Gasteiger partial charge in [0.2, 0.25) is 5.95 Å². The van der Waals surface area contributed by atoms with Crippen molar-refractivity contribution in [1.82, 2.24) is 10.8 Å². The number of amidine groups is 1. The molecule has 0 aromatic heterocycles. The van der Waals surface area contributed by atoms with Crippen molar-refractivity contribution in [3.63, 3.8) is 0 Å². The lowest BCUT2D eigenvalue weighted by atomic mass is 10.0. The van der Waals surface area contributed by atoms with E-state index in [1.165, 1.54) is 13.2 Å². The van der Waals surface area contributed by atoms with Gasteiger partial charge in [-0.15, -0.1) is 5.10 Å². The highest BCUT2D eigenvalue weighted by Crippen LogP contribution is 2.32. The van der Waals surface area contributed by atoms with Crippen molar-refractivity contribution in [1.29, 1.82) is 0 Å². The Labute approximate surface area is 118 Å². The van der Waals surface area contributed by atoms with Gasteiger partial charge in [-0.1, -0.05) is 4.48 Å². The molecule has 0 atom stereocenters. The number of ether oxygens (including phenoxy) is 1. The summed E-state index contributed by atoms with van der Waals surface area (Å²) in [6.45, 7) is 0. The fraction of sp³-hybridized carbons (Fsp3) is 0.100. The number of hydrazine groups is 1. The van der Waals surface area contributed by atoms with Gasteiger partial charge < -0.3 is 10.5 Å². The molecule has 0 unspecified atom stereocenters. The third kappa shape index (κ3) is 2.87. The topological polar surface area (TPSA) is 117 Å². The maximum absolute atomic E-state index is 13.8. The molecule has 1 aromatic rings. The third-order valence-electron chi connectivity index (χ3n) is 2.60. The van der Waals surface area contributed by atoms with Gasteiger partial charge in [-0.2, -0.15) is 12.8 Å². The summed E-state index contributed by atoms with van der Waals surface area (Å²) in [4.78, 5) is -0.505. The van der Waals surface area contributed by atoms with Crippen molar-refractivity contribution in [3.8, 4) is 5.75 Å². The SMILES string of the molecule is COc1ccc(S(=O)(=O)O)cc1C1=C(F)NN(F)N=C1N. The molecule has 0 saturated carbocycles. The molecule has 11 heteroatoms. The van der Waals surface area contributed by atoms with E-state index in [1.807, 2.05) is 0 Å². The molecule has 1 aromatic carbocycles. The second kappa shape index (κ2) is 5.18. The molecule has 2 rings (SSSR count). The van der Waals surface area contributed by atoms with E-state index in [1.54, 1.807) is 5.43 Å². The van der Waals surface area contributed by atoms with Crippen LogP contribution < -0.4 is 15.9 Å². The van der Waals surface area contributed by atoms with Crippen molar-refractivity contribution in [2.75, 3.05) is 7.11 Å². The van der Waals surface area contributed by atoms with Crippen molar-refractivity contribution in [2.24, 2.45) is 10.8 Å². The van der Waals surface area contributed by atoms with Crippen LogP contribution in [0, 0.1) is 0 Å². The van der Waals surface area contributed by atoms with Crippen LogP contribution in [-0.2, 0) is 10.1 Å². The van der Waals surface area contributed by atoms with Gasteiger partial charge in [-0.05, 0) is 23.5 Å². The van der Waals surface area contributed by atoms with Gasteiger partial charge in [0.1, 0.15) is 5.75 Å². The first-order valence-electron chi connectivity index (χ1n) is 5.36. The molecule has 0 amide bonds. The van der Waals surface area contributed by atoms with Crippen LogP contribution in [0.4, 0.5) is 8.87 Å². The Kier molecular flexibility index (Phi) is 3.70. The smallest absolute Gasteiger partial charge is 0.294 e. The predicted molar refractivity (Wildman–Crippen MR) is 68.5 cm³/mol. The third-order valence-corrected chi connectivity index (χ3v) is 3.45. The van der Waals surface area contributed by atoms with Crippen LogP contribution >= 0.6 is 0 Å². The van der Waals surface area contributed by atoms with Gasteiger partial charge in [-0.25, -0.2) is 5.43 Å². The van der Waals surface area contributed by atoms with E-state index in [2.05, 4.69) is 5.10 Å². The molecule has 114 valence electrons. The van der Waals surface area contributed by atoms with Crippen molar-refractivity contribution in [3.05, 3.63) is 29.7 Å². The van der Waals surface area contributed by atoms with Gasteiger partial charge in [0.05, 0.1) is 17.6 Å². The molecule has 0 bridgehead atoms. The number of methoxy groups -OCH3 is 1. The molecule has 8 nitrogen and oxygen atoms in total. The van der Waals surface area contributed by atoms with E-state index in [0.29, 0.717) is 0 Å². The fourth-order valence-electron chi connectivity index (χ4n) is 1.72. The van der Waals surface area contributed by atoms with E-state index in [9.17, 15) is 17.3 Å².